The molecule has 0 aromatic carbocycles. The highest BCUT2D eigenvalue weighted by atomic mass is 16.5. The number of likely N-dealkylation sites (tertiary alicyclic amines) is 1. The van der Waals surface area contributed by atoms with E-state index in [0.29, 0.717) is 26.1 Å². The maximum absolute atomic E-state index is 14.5. The van der Waals surface area contributed by atoms with E-state index in [0.717, 1.165) is 12.8 Å². The van der Waals surface area contributed by atoms with Crippen molar-refractivity contribution in [3.05, 3.63) is 24.3 Å². The largest absolute Gasteiger partial charge is 0.394 e. The maximum atomic E-state index is 14.5. The lowest BCUT2D eigenvalue weighted by molar-refractivity contribution is -0.159. The number of rotatable bonds is 8. The molecule has 4 rings (SSSR count). The zero-order chi connectivity index (χ0) is 26.4. The quantitative estimate of drug-likeness (QED) is 0.516. The van der Waals surface area contributed by atoms with E-state index in [1.54, 1.807) is 9.80 Å². The van der Waals surface area contributed by atoms with Crippen LogP contribution in [0.2, 0.25) is 0 Å². The third-order valence-electron chi connectivity index (χ3n) is 8.95. The molecule has 1 unspecified atom stereocenters. The van der Waals surface area contributed by atoms with Crippen LogP contribution in [0, 0.1) is 17.8 Å². The number of carbonyl (C=O) groups is 3. The average Bonchev–Trinajstić information content (AvgIpc) is 3.14. The molecule has 0 bridgehead atoms. The van der Waals surface area contributed by atoms with Crippen molar-refractivity contribution in [2.24, 2.45) is 17.8 Å². The molecule has 2 saturated heterocycles. The van der Waals surface area contributed by atoms with Crippen molar-refractivity contribution >= 4 is 17.7 Å². The van der Waals surface area contributed by atoms with Crippen molar-refractivity contribution in [1.29, 1.82) is 0 Å². The first kappa shape index (κ1) is 26.9. The lowest BCUT2D eigenvalue weighted by Gasteiger charge is -2.42. The van der Waals surface area contributed by atoms with Crippen molar-refractivity contribution in [3.8, 4) is 0 Å². The molecule has 36 heavy (non-hydrogen) atoms. The number of carbonyl (C=O) groups excluding carboxylic acids is 3. The van der Waals surface area contributed by atoms with Crippen molar-refractivity contribution in [2.45, 2.75) is 90.1 Å². The fraction of sp³-hybridized carbons (Fsp3) is 0.750. The summed E-state index contributed by atoms with van der Waals surface area (Å²) in [5.74, 6) is -2.12. The molecule has 8 heteroatoms. The van der Waals surface area contributed by atoms with Crippen LogP contribution in [0.5, 0.6) is 0 Å². The fourth-order valence-electron chi connectivity index (χ4n) is 6.87. The van der Waals surface area contributed by atoms with Crippen LogP contribution in [-0.2, 0) is 19.1 Å². The van der Waals surface area contributed by atoms with Crippen LogP contribution in [0.15, 0.2) is 24.3 Å². The molecule has 3 amide bonds. The van der Waals surface area contributed by atoms with E-state index in [1.807, 2.05) is 70.7 Å². The predicted molar refractivity (Wildman–Crippen MR) is 137 cm³/mol. The molecule has 4 heterocycles. The van der Waals surface area contributed by atoms with Gasteiger partial charge in [-0.25, -0.2) is 0 Å². The number of amides is 3. The van der Waals surface area contributed by atoms with Crippen LogP contribution in [0.4, 0.5) is 0 Å². The summed E-state index contributed by atoms with van der Waals surface area (Å²) in [5.41, 5.74) is -2.23. The standard InChI is InChI=1S/C28H43N3O5/c1-7-14-29-15-10-12-27(9-3)21(24(29)33)22-25(34)31(20(17-32)19(6)8-2)23-26(35)30(18(4)5)16-11-13-28(22,23)36-27/h10-13,18-23,32H,7-9,14-17H2,1-6H3/t19-,20-,21+,22-,23?,27-,28-/m0/s1. The van der Waals surface area contributed by atoms with Crippen LogP contribution in [-0.4, -0.2) is 93.1 Å². The first-order valence-corrected chi connectivity index (χ1v) is 13.7. The predicted octanol–water partition coefficient (Wildman–Crippen LogP) is 2.37. The second kappa shape index (κ2) is 9.93. The Balaban J connectivity index is 1.94. The van der Waals surface area contributed by atoms with E-state index in [1.165, 1.54) is 0 Å². The van der Waals surface area contributed by atoms with Gasteiger partial charge in [-0.1, -0.05) is 58.4 Å². The van der Waals surface area contributed by atoms with Gasteiger partial charge in [0.2, 0.25) is 17.7 Å². The number of hydrogen-bond acceptors (Lipinski definition) is 5. The van der Waals surface area contributed by atoms with Crippen LogP contribution in [0.3, 0.4) is 0 Å². The van der Waals surface area contributed by atoms with Crippen LogP contribution in [0.25, 0.3) is 0 Å². The van der Waals surface area contributed by atoms with Crippen molar-refractivity contribution in [2.75, 3.05) is 26.2 Å². The van der Waals surface area contributed by atoms with Crippen molar-refractivity contribution in [1.82, 2.24) is 14.7 Å². The minimum Gasteiger partial charge on any atom is -0.394 e. The molecular weight excluding hydrogens is 458 g/mol. The summed E-state index contributed by atoms with van der Waals surface area (Å²) in [7, 11) is 0. The highest BCUT2D eigenvalue weighted by molar-refractivity contribution is 6.00. The Morgan fingerprint density at radius 3 is 2.28 bits per heavy atom. The first-order valence-electron chi connectivity index (χ1n) is 13.7. The molecule has 2 fully saturated rings. The molecule has 7 atom stereocenters. The van der Waals surface area contributed by atoms with Gasteiger partial charge >= 0.3 is 0 Å². The molecule has 0 aromatic rings. The molecule has 0 radical (unpaired) electrons. The molecule has 4 aliphatic rings. The van der Waals surface area contributed by atoms with E-state index < -0.39 is 35.1 Å². The number of fused-ring (bicyclic) bond motifs is 2. The summed E-state index contributed by atoms with van der Waals surface area (Å²) in [6, 6.07) is -1.54. The van der Waals surface area contributed by atoms with E-state index >= 15 is 0 Å². The van der Waals surface area contributed by atoms with Crippen LogP contribution in [0.1, 0.15) is 60.8 Å². The van der Waals surface area contributed by atoms with Crippen molar-refractivity contribution in [3.63, 3.8) is 0 Å². The van der Waals surface area contributed by atoms with Gasteiger partial charge < -0.3 is 24.5 Å². The Bertz CT molecular complexity index is 947. The Hall–Kier alpha value is -2.19. The van der Waals surface area contributed by atoms with Crippen LogP contribution >= 0.6 is 0 Å². The Morgan fingerprint density at radius 2 is 1.69 bits per heavy atom. The zero-order valence-electron chi connectivity index (χ0n) is 22.6. The normalized spacial score (nSPS) is 35.6. The second-order valence-corrected chi connectivity index (χ2v) is 11.2. The van der Waals surface area contributed by atoms with Gasteiger partial charge in [0.25, 0.3) is 0 Å². The third kappa shape index (κ3) is 3.74. The van der Waals surface area contributed by atoms with Gasteiger partial charge in [0.1, 0.15) is 11.6 Å². The van der Waals surface area contributed by atoms with Gasteiger partial charge in [0.15, 0.2) is 0 Å². The highest BCUT2D eigenvalue weighted by Gasteiger charge is 2.76. The number of nitrogens with zero attached hydrogens (tertiary/aromatic N) is 3. The molecule has 8 nitrogen and oxygen atoms in total. The Labute approximate surface area is 215 Å². The van der Waals surface area contributed by atoms with E-state index in [2.05, 4.69) is 0 Å². The summed E-state index contributed by atoms with van der Waals surface area (Å²) in [4.78, 5) is 48.0. The van der Waals surface area contributed by atoms with Gasteiger partial charge in [0.05, 0.1) is 30.1 Å². The molecule has 0 aliphatic carbocycles. The number of aliphatic hydroxyl groups excluding tert-OH is 1. The van der Waals surface area contributed by atoms with Gasteiger partial charge in [0, 0.05) is 25.7 Å². The second-order valence-electron chi connectivity index (χ2n) is 11.2. The lowest BCUT2D eigenvalue weighted by atomic mass is 9.73. The van der Waals surface area contributed by atoms with E-state index in [-0.39, 0.29) is 36.3 Å². The summed E-state index contributed by atoms with van der Waals surface area (Å²) in [6.45, 7) is 13.2. The molecule has 0 saturated carbocycles. The molecule has 1 spiro atoms. The molecule has 0 aromatic heterocycles. The van der Waals surface area contributed by atoms with Gasteiger partial charge in [-0.15, -0.1) is 0 Å². The smallest absolute Gasteiger partial charge is 0.249 e. The third-order valence-corrected chi connectivity index (χ3v) is 8.95. The number of hydrogen-bond donors (Lipinski definition) is 1. The van der Waals surface area contributed by atoms with Crippen LogP contribution < -0.4 is 0 Å². The number of aliphatic hydroxyl groups is 1. The van der Waals surface area contributed by atoms with E-state index in [9.17, 15) is 19.5 Å². The monoisotopic (exact) mass is 501 g/mol. The summed E-state index contributed by atoms with van der Waals surface area (Å²) < 4.78 is 6.97. The highest BCUT2D eigenvalue weighted by Crippen LogP contribution is 2.59. The van der Waals surface area contributed by atoms with E-state index in [4.69, 9.17) is 4.74 Å². The Morgan fingerprint density at radius 1 is 1.00 bits per heavy atom. The Kier molecular flexibility index (Phi) is 7.41. The molecular formula is C28H43N3O5. The summed E-state index contributed by atoms with van der Waals surface area (Å²) >= 11 is 0. The average molecular weight is 502 g/mol. The summed E-state index contributed by atoms with van der Waals surface area (Å²) in [5, 5.41) is 10.5. The molecule has 1 N–H and O–H groups in total. The fourth-order valence-corrected chi connectivity index (χ4v) is 6.87. The molecule has 4 aliphatic heterocycles. The lowest BCUT2D eigenvalue weighted by Crippen LogP contribution is -2.60. The van der Waals surface area contributed by atoms with Crippen molar-refractivity contribution < 1.29 is 24.2 Å². The minimum absolute atomic E-state index is 0.0281. The SMILES string of the molecule is CCCN1CC=C[C@]2(CC)O[C@]34C=CCN(C(C)C)C(=O)C3N([C@@H](CO)[C@@H](C)CC)C(=O)[C@@H]4[C@@H]2C1=O. The number of ether oxygens (including phenoxy) is 1. The van der Waals surface area contributed by atoms with Gasteiger partial charge in [-0.2, -0.15) is 0 Å². The topological polar surface area (TPSA) is 90.4 Å². The van der Waals surface area contributed by atoms with Gasteiger partial charge in [-0.05, 0) is 32.6 Å². The maximum Gasteiger partial charge on any atom is 0.249 e. The first-order chi connectivity index (χ1) is 17.1. The summed E-state index contributed by atoms with van der Waals surface area (Å²) in [6.07, 6.45) is 9.83. The molecule has 200 valence electrons. The van der Waals surface area contributed by atoms with Gasteiger partial charge in [-0.3, -0.25) is 14.4 Å². The minimum atomic E-state index is -1.27. The zero-order valence-corrected chi connectivity index (χ0v) is 22.6.